The van der Waals surface area contributed by atoms with E-state index in [4.69, 9.17) is 0 Å². The molecule has 1 heterocycles. The second-order valence-electron chi connectivity index (χ2n) is 5.31. The Hall–Kier alpha value is -1.07. The Morgan fingerprint density at radius 1 is 1.26 bits per heavy atom. The summed E-state index contributed by atoms with van der Waals surface area (Å²) in [7, 11) is -1.20. The second-order valence-corrected chi connectivity index (χ2v) is 7.30. The maximum Gasteiger partial charge on any atom is 0.177 e. The summed E-state index contributed by atoms with van der Waals surface area (Å²) in [5.41, 5.74) is 0.809. The topological polar surface area (TPSA) is 49.4 Å². The van der Waals surface area contributed by atoms with Gasteiger partial charge in [-0.05, 0) is 44.0 Å². The number of para-hydroxylation sites is 1. The molecule has 0 aromatic heterocycles. The van der Waals surface area contributed by atoms with Gasteiger partial charge in [-0.15, -0.1) is 0 Å². The van der Waals surface area contributed by atoms with Crippen molar-refractivity contribution in [3.63, 3.8) is 0 Å². The van der Waals surface area contributed by atoms with Gasteiger partial charge in [0.1, 0.15) is 0 Å². The summed E-state index contributed by atoms with van der Waals surface area (Å²) in [6.07, 6.45) is 3.58. The van der Waals surface area contributed by atoms with Crippen LogP contribution in [0.2, 0.25) is 0 Å². The molecule has 0 atom stereocenters. The first-order chi connectivity index (χ1) is 8.98. The Morgan fingerprint density at radius 2 is 1.89 bits per heavy atom. The molecule has 0 saturated carbocycles. The number of anilines is 1. The van der Waals surface area contributed by atoms with Crippen molar-refractivity contribution in [1.82, 2.24) is 5.32 Å². The van der Waals surface area contributed by atoms with Crippen LogP contribution in [0.1, 0.15) is 12.8 Å². The first-order valence-corrected chi connectivity index (χ1v) is 8.58. The lowest BCUT2D eigenvalue weighted by molar-refractivity contribution is 0.377. The normalized spacial score (nSPS) is 17.4. The molecule has 1 aromatic carbocycles. The number of nitrogens with one attached hydrogen (secondary N) is 1. The molecule has 1 aliphatic heterocycles. The molecule has 0 bridgehead atoms. The van der Waals surface area contributed by atoms with Gasteiger partial charge >= 0.3 is 0 Å². The summed E-state index contributed by atoms with van der Waals surface area (Å²) < 4.78 is 23.6. The van der Waals surface area contributed by atoms with Gasteiger partial charge in [-0.1, -0.05) is 12.1 Å². The standard InChI is InChI=1S/C14H22N2O2S/c1-16(11-12-7-9-15-10-8-12)13-5-3-4-6-14(13)19(2,17)18/h3-6,12,15H,7-11H2,1-2H3. The smallest absolute Gasteiger partial charge is 0.177 e. The molecule has 2 rings (SSSR count). The van der Waals surface area contributed by atoms with Gasteiger partial charge in [-0.2, -0.15) is 0 Å². The van der Waals surface area contributed by atoms with Crippen molar-refractivity contribution < 1.29 is 8.42 Å². The van der Waals surface area contributed by atoms with Crippen molar-refractivity contribution in [2.24, 2.45) is 5.92 Å². The Bertz CT molecular complexity index is 522. The van der Waals surface area contributed by atoms with Crippen LogP contribution in [0.3, 0.4) is 0 Å². The van der Waals surface area contributed by atoms with Crippen LogP contribution in [0.4, 0.5) is 5.69 Å². The number of hydrogen-bond donors (Lipinski definition) is 1. The molecule has 1 fully saturated rings. The average molecular weight is 282 g/mol. The van der Waals surface area contributed by atoms with E-state index in [1.807, 2.05) is 19.2 Å². The molecule has 1 N–H and O–H groups in total. The van der Waals surface area contributed by atoms with E-state index in [2.05, 4.69) is 10.2 Å². The van der Waals surface area contributed by atoms with E-state index in [9.17, 15) is 8.42 Å². The average Bonchev–Trinajstić information content (AvgIpc) is 2.39. The van der Waals surface area contributed by atoms with E-state index in [1.165, 1.54) is 6.26 Å². The van der Waals surface area contributed by atoms with E-state index in [1.54, 1.807) is 12.1 Å². The maximum absolute atomic E-state index is 11.8. The lowest BCUT2D eigenvalue weighted by Gasteiger charge is -2.29. The summed E-state index contributed by atoms with van der Waals surface area (Å²) in [4.78, 5) is 2.50. The van der Waals surface area contributed by atoms with Crippen molar-refractivity contribution in [2.45, 2.75) is 17.7 Å². The summed E-state index contributed by atoms with van der Waals surface area (Å²) in [5.74, 6) is 0.638. The molecule has 0 unspecified atom stereocenters. The molecule has 5 heteroatoms. The van der Waals surface area contributed by atoms with E-state index < -0.39 is 9.84 Å². The highest BCUT2D eigenvalue weighted by Crippen LogP contribution is 2.25. The fraction of sp³-hybridized carbons (Fsp3) is 0.571. The molecule has 106 valence electrons. The maximum atomic E-state index is 11.8. The Balaban J connectivity index is 2.16. The molecule has 19 heavy (non-hydrogen) atoms. The molecular formula is C14H22N2O2S. The third-order valence-corrected chi connectivity index (χ3v) is 4.81. The first kappa shape index (κ1) is 14.3. The highest BCUT2D eigenvalue weighted by Gasteiger charge is 2.19. The monoisotopic (exact) mass is 282 g/mol. The molecule has 1 aliphatic rings. The summed E-state index contributed by atoms with van der Waals surface area (Å²) in [6, 6.07) is 7.24. The first-order valence-electron chi connectivity index (χ1n) is 6.69. The Morgan fingerprint density at radius 3 is 2.53 bits per heavy atom. The van der Waals surface area contributed by atoms with Crippen LogP contribution in [0.25, 0.3) is 0 Å². The van der Waals surface area contributed by atoms with Gasteiger partial charge in [0.2, 0.25) is 0 Å². The molecule has 1 saturated heterocycles. The zero-order valence-corrected chi connectivity index (χ0v) is 12.4. The number of piperidine rings is 1. The highest BCUT2D eigenvalue weighted by atomic mass is 32.2. The third kappa shape index (κ3) is 3.70. The number of sulfone groups is 1. The molecular weight excluding hydrogens is 260 g/mol. The van der Waals surface area contributed by atoms with Crippen LogP contribution in [-0.2, 0) is 9.84 Å². The van der Waals surface area contributed by atoms with Crippen LogP contribution in [0.15, 0.2) is 29.2 Å². The van der Waals surface area contributed by atoms with Crippen molar-refractivity contribution in [3.8, 4) is 0 Å². The minimum Gasteiger partial charge on any atom is -0.373 e. The fourth-order valence-corrected chi connectivity index (χ4v) is 3.57. The summed E-state index contributed by atoms with van der Waals surface area (Å²) >= 11 is 0. The van der Waals surface area contributed by atoms with E-state index in [0.717, 1.165) is 38.2 Å². The van der Waals surface area contributed by atoms with Crippen LogP contribution in [0.5, 0.6) is 0 Å². The molecule has 0 aliphatic carbocycles. The summed E-state index contributed by atoms with van der Waals surface area (Å²) in [5, 5.41) is 3.35. The minimum absolute atomic E-state index is 0.423. The van der Waals surface area contributed by atoms with E-state index in [0.29, 0.717) is 10.8 Å². The fourth-order valence-electron chi connectivity index (χ4n) is 2.64. The van der Waals surface area contributed by atoms with Crippen molar-refractivity contribution >= 4 is 15.5 Å². The predicted octanol–water partition coefficient (Wildman–Crippen LogP) is 1.53. The number of benzene rings is 1. The van der Waals surface area contributed by atoms with Crippen LogP contribution in [0, 0.1) is 5.92 Å². The van der Waals surface area contributed by atoms with Crippen molar-refractivity contribution in [1.29, 1.82) is 0 Å². The molecule has 4 nitrogen and oxygen atoms in total. The second kappa shape index (κ2) is 5.92. The van der Waals surface area contributed by atoms with Gasteiger partial charge in [0, 0.05) is 19.8 Å². The van der Waals surface area contributed by atoms with Gasteiger partial charge < -0.3 is 10.2 Å². The number of nitrogens with zero attached hydrogens (tertiary/aromatic N) is 1. The van der Waals surface area contributed by atoms with Crippen molar-refractivity contribution in [2.75, 3.05) is 37.8 Å². The largest absolute Gasteiger partial charge is 0.373 e. The lowest BCUT2D eigenvalue weighted by atomic mass is 9.97. The Kier molecular flexibility index (Phi) is 4.47. The van der Waals surface area contributed by atoms with Gasteiger partial charge in [0.05, 0.1) is 10.6 Å². The number of hydrogen-bond acceptors (Lipinski definition) is 4. The zero-order valence-electron chi connectivity index (χ0n) is 11.6. The lowest BCUT2D eigenvalue weighted by Crippen LogP contribution is -2.34. The van der Waals surface area contributed by atoms with Gasteiger partial charge in [-0.25, -0.2) is 8.42 Å². The Labute approximate surface area is 115 Å². The minimum atomic E-state index is -3.17. The molecule has 0 spiro atoms. The van der Waals surface area contributed by atoms with E-state index >= 15 is 0 Å². The third-order valence-electron chi connectivity index (χ3n) is 3.67. The van der Waals surface area contributed by atoms with Crippen LogP contribution in [-0.4, -0.2) is 41.4 Å². The highest BCUT2D eigenvalue weighted by molar-refractivity contribution is 7.90. The van der Waals surface area contributed by atoms with Crippen LogP contribution < -0.4 is 10.2 Å². The van der Waals surface area contributed by atoms with Gasteiger partial charge in [-0.3, -0.25) is 0 Å². The SMILES string of the molecule is CN(CC1CCNCC1)c1ccccc1S(C)(=O)=O. The quantitative estimate of drug-likeness (QED) is 0.910. The van der Waals surface area contributed by atoms with Gasteiger partial charge in [0.25, 0.3) is 0 Å². The molecule has 1 aromatic rings. The van der Waals surface area contributed by atoms with E-state index in [-0.39, 0.29) is 0 Å². The zero-order chi connectivity index (χ0) is 13.9. The predicted molar refractivity (Wildman–Crippen MR) is 78.4 cm³/mol. The summed E-state index contributed by atoms with van der Waals surface area (Å²) in [6.45, 7) is 3.03. The molecule has 0 radical (unpaired) electrons. The van der Waals surface area contributed by atoms with Crippen LogP contribution >= 0.6 is 0 Å². The van der Waals surface area contributed by atoms with Crippen molar-refractivity contribution in [3.05, 3.63) is 24.3 Å². The van der Waals surface area contributed by atoms with Gasteiger partial charge in [0.15, 0.2) is 9.84 Å². The molecule has 0 amide bonds. The number of rotatable bonds is 4.